The van der Waals surface area contributed by atoms with Crippen LogP contribution in [-0.2, 0) is 21.1 Å². The molecule has 0 saturated carbocycles. The fraction of sp³-hybridized carbons (Fsp3) is 0. The number of rotatable bonds is 0. The Bertz CT molecular complexity index is 61.5. The van der Waals surface area contributed by atoms with Crippen LogP contribution in [0.25, 0.3) is 0 Å². The Morgan fingerprint density at radius 3 is 0.294 bits per heavy atom. The summed E-state index contributed by atoms with van der Waals surface area (Å²) in [5.41, 5.74) is 0. The van der Waals surface area contributed by atoms with Crippen molar-refractivity contribution in [2.75, 3.05) is 0 Å². The van der Waals surface area contributed by atoms with Crippen LogP contribution in [0.15, 0.2) is 0 Å². The van der Waals surface area contributed by atoms with E-state index in [4.69, 9.17) is 55.9 Å². The third-order valence-corrected chi connectivity index (χ3v) is 0. The summed E-state index contributed by atoms with van der Waals surface area (Å²) >= 11 is 0. The monoisotopic (exact) mass is 527 g/mol. The molecule has 0 heterocycles. The van der Waals surface area contributed by atoms with Crippen molar-refractivity contribution < 1.29 is 120 Å². The van der Waals surface area contributed by atoms with Gasteiger partial charge in [0.25, 0.3) is 0 Å². The van der Waals surface area contributed by atoms with Gasteiger partial charge in [0, 0.05) is 0 Å². The molecule has 12 nitrogen and oxygen atoms in total. The van der Waals surface area contributed by atoms with Crippen LogP contribution in [0.3, 0.4) is 0 Å². The number of halogens is 4. The summed E-state index contributed by atoms with van der Waals surface area (Å²) in [6.07, 6.45) is 0. The van der Waals surface area contributed by atoms with Gasteiger partial charge in [-0.3, -0.25) is 0 Å². The zero-order chi connectivity index (χ0) is 14.3. The van der Waals surface area contributed by atoms with E-state index in [9.17, 15) is 0 Å². The zero-order valence-corrected chi connectivity index (χ0v) is 12.0. The molecule has 110 valence electrons. The van der Waals surface area contributed by atoms with Gasteiger partial charge in [-0.05, 0) is 0 Å². The van der Waals surface area contributed by atoms with E-state index in [1.165, 1.54) is 0 Å². The van der Waals surface area contributed by atoms with E-state index in [1.54, 1.807) is 0 Å². The Balaban J connectivity index is -0.0000000369. The van der Waals surface area contributed by atoms with Crippen molar-refractivity contribution in [3.63, 3.8) is 0 Å². The summed E-state index contributed by atoms with van der Waals surface area (Å²) < 4.78 is 101. The summed E-state index contributed by atoms with van der Waals surface area (Å²) in [5.74, 6) is 0. The topological polar surface area (TPSA) is 277 Å². The first-order chi connectivity index (χ1) is 6.93. The molecular formula is Cl4O12Pt. The van der Waals surface area contributed by atoms with E-state index in [1.807, 2.05) is 0 Å². The van der Waals surface area contributed by atoms with Crippen LogP contribution in [0.1, 0.15) is 0 Å². The van der Waals surface area contributed by atoms with E-state index in [2.05, 4.69) is 0 Å². The van der Waals surface area contributed by atoms with Gasteiger partial charge >= 0.3 is 21.1 Å². The number of hydrogen-bond donors (Lipinski definition) is 0. The molecule has 0 amide bonds. The third kappa shape index (κ3) is 2190. The van der Waals surface area contributed by atoms with Gasteiger partial charge in [-0.1, -0.05) is 0 Å². The molecule has 0 aromatic heterocycles. The van der Waals surface area contributed by atoms with E-state index in [0.717, 1.165) is 0 Å². The Kier molecular flexibility index (Phi) is 47.5. The fourth-order valence-electron chi connectivity index (χ4n) is 0. The molecule has 0 aliphatic rings. The molecule has 0 saturated heterocycles. The summed E-state index contributed by atoms with van der Waals surface area (Å²) in [7, 11) is -11.4. The quantitative estimate of drug-likeness (QED) is 0.283. The van der Waals surface area contributed by atoms with E-state index >= 15 is 0 Å². The van der Waals surface area contributed by atoms with Crippen molar-refractivity contribution in [1.29, 1.82) is 0 Å². The molecule has 0 atom stereocenters. The van der Waals surface area contributed by atoms with Gasteiger partial charge < -0.3 is 55.9 Å². The van der Waals surface area contributed by atoms with Crippen LogP contribution in [0.5, 0.6) is 0 Å². The maximum Gasteiger partial charge on any atom is 4.00 e. The first-order valence-electron chi connectivity index (χ1n) is 1.85. The molecule has 0 radical (unpaired) electrons. The van der Waals surface area contributed by atoms with E-state index < -0.39 is 43.1 Å². The summed E-state index contributed by atoms with van der Waals surface area (Å²) in [6.45, 7) is 0. The van der Waals surface area contributed by atoms with Gasteiger partial charge in [0.2, 0.25) is 0 Å². The van der Waals surface area contributed by atoms with Crippen LogP contribution in [0.2, 0.25) is 0 Å². The molecule has 0 aliphatic heterocycles. The van der Waals surface area contributed by atoms with Crippen LogP contribution < -0.4 is 55.9 Å². The molecule has 0 aromatic carbocycles. The first kappa shape index (κ1) is 31.0. The van der Waals surface area contributed by atoms with Crippen molar-refractivity contribution in [2.45, 2.75) is 0 Å². The molecule has 0 aromatic rings. The third-order valence-electron chi connectivity index (χ3n) is 0. The molecule has 17 heteroatoms. The van der Waals surface area contributed by atoms with Crippen molar-refractivity contribution in [3.8, 4) is 0 Å². The van der Waals surface area contributed by atoms with Gasteiger partial charge in [-0.2, -0.15) is 0 Å². The largest absolute Gasteiger partial charge is 4.00 e. The molecule has 17 heavy (non-hydrogen) atoms. The summed E-state index contributed by atoms with van der Waals surface area (Å²) in [5, 5.41) is 0. The molecule has 0 bridgehead atoms. The van der Waals surface area contributed by atoms with Gasteiger partial charge in [-0.15, -0.1) is 0 Å². The van der Waals surface area contributed by atoms with E-state index in [0.29, 0.717) is 0 Å². The van der Waals surface area contributed by atoms with Crippen molar-refractivity contribution >= 4 is 0 Å². The molecule has 0 aliphatic carbocycles. The smallest absolute Gasteiger partial charge is 0.357 e. The summed E-state index contributed by atoms with van der Waals surface area (Å²) in [6, 6.07) is 0. The van der Waals surface area contributed by atoms with Crippen molar-refractivity contribution in [2.24, 2.45) is 0 Å². The predicted molar refractivity (Wildman–Crippen MR) is 0 cm³/mol. The van der Waals surface area contributed by atoms with Gasteiger partial charge in [0.05, 0.1) is 43.1 Å². The van der Waals surface area contributed by atoms with Crippen molar-refractivity contribution in [3.05, 3.63) is 0 Å². The second kappa shape index (κ2) is 26.0. The molecular weight excluding hydrogens is 529 g/mol. The number of hydrogen-bond acceptors (Lipinski definition) is 12. The average Bonchev–Trinajstić information content (AvgIpc) is 1.76. The molecule has 0 N–H and O–H groups in total. The SMILES string of the molecule is [O-][Cl+2]([O-])[O-].[O-][Cl+2]([O-])[O-].[O-][Cl+2]([O-])[O-].[O-][Cl+2]([O-])[O-].[Pt+4]. The Morgan fingerprint density at radius 1 is 0.294 bits per heavy atom. The summed E-state index contributed by atoms with van der Waals surface area (Å²) in [4.78, 5) is 0. The standard InChI is InChI=1S/4ClO3.Pt/c4*2-1(3)4;/q4*-1;+4. The maximum absolute atomic E-state index is 8.41. The Morgan fingerprint density at radius 2 is 0.294 bits per heavy atom. The van der Waals surface area contributed by atoms with Crippen LogP contribution in [0.4, 0.5) is 0 Å². The van der Waals surface area contributed by atoms with Crippen LogP contribution in [0, 0.1) is 43.1 Å². The normalized spacial score (nSPS) is 8.47. The molecule has 0 fully saturated rings. The van der Waals surface area contributed by atoms with Gasteiger partial charge in [-0.25, -0.2) is 0 Å². The van der Waals surface area contributed by atoms with Gasteiger partial charge in [0.15, 0.2) is 0 Å². The van der Waals surface area contributed by atoms with Crippen LogP contribution >= 0.6 is 0 Å². The van der Waals surface area contributed by atoms with Gasteiger partial charge in [0.1, 0.15) is 0 Å². The molecule has 0 rings (SSSR count). The first-order valence-corrected chi connectivity index (χ1v) is 5.55. The average molecular weight is 529 g/mol. The van der Waals surface area contributed by atoms with E-state index in [-0.39, 0.29) is 21.1 Å². The fourth-order valence-corrected chi connectivity index (χ4v) is 0. The minimum absolute atomic E-state index is 0. The minimum atomic E-state index is -2.85. The molecule has 0 spiro atoms. The zero-order valence-electron chi connectivity index (χ0n) is 6.73. The second-order valence-corrected chi connectivity index (χ2v) is 2.27. The van der Waals surface area contributed by atoms with Crippen molar-refractivity contribution in [1.82, 2.24) is 0 Å². The molecule has 0 unspecified atom stereocenters. The maximum atomic E-state index is 8.41. The second-order valence-electron chi connectivity index (χ2n) is 0.756. The predicted octanol–water partition coefficient (Wildman–Crippen LogP) is -14.3. The van der Waals surface area contributed by atoms with Crippen LogP contribution in [-0.4, -0.2) is 0 Å². The minimum Gasteiger partial charge on any atom is -0.357 e. The Labute approximate surface area is 120 Å². The Hall–Kier alpha value is 1.37.